The number of carbonyl (C=O) groups excluding carboxylic acids is 2. The van der Waals surface area contributed by atoms with Crippen LogP contribution in [0.3, 0.4) is 0 Å². The summed E-state index contributed by atoms with van der Waals surface area (Å²) >= 11 is 0. The predicted octanol–water partition coefficient (Wildman–Crippen LogP) is 5.24. The summed E-state index contributed by atoms with van der Waals surface area (Å²) in [4.78, 5) is 34.8. The van der Waals surface area contributed by atoms with Crippen molar-refractivity contribution in [3.63, 3.8) is 0 Å². The van der Waals surface area contributed by atoms with Gasteiger partial charge in [-0.1, -0.05) is 24.6 Å². The number of hydrogen-bond acceptors (Lipinski definition) is 5. The van der Waals surface area contributed by atoms with E-state index in [0.717, 1.165) is 63.0 Å². The zero-order chi connectivity index (χ0) is 28.9. The fourth-order valence-corrected chi connectivity index (χ4v) is 6.41. The minimum atomic E-state index is -4.43. The van der Waals surface area contributed by atoms with Gasteiger partial charge in [-0.15, -0.1) is 0 Å². The zero-order valence-electron chi connectivity index (χ0n) is 23.4. The van der Waals surface area contributed by atoms with E-state index in [1.54, 1.807) is 0 Å². The quantitative estimate of drug-likeness (QED) is 0.533. The molecule has 4 heterocycles. The summed E-state index contributed by atoms with van der Waals surface area (Å²) in [5.41, 5.74) is -0.0559. The van der Waals surface area contributed by atoms with Crippen molar-refractivity contribution in [1.82, 2.24) is 15.2 Å². The molecule has 0 bridgehead atoms. The minimum Gasteiger partial charge on any atom is -0.493 e. The van der Waals surface area contributed by atoms with Gasteiger partial charge in [-0.2, -0.15) is 13.2 Å². The molecule has 3 aliphatic rings. The van der Waals surface area contributed by atoms with Gasteiger partial charge in [-0.05, 0) is 75.1 Å². The van der Waals surface area contributed by atoms with Crippen LogP contribution in [0.5, 0.6) is 5.75 Å². The Bertz CT molecular complexity index is 1200. The van der Waals surface area contributed by atoms with Crippen LogP contribution in [0.15, 0.2) is 42.6 Å². The number of alkyl halides is 3. The highest BCUT2D eigenvalue weighted by molar-refractivity contribution is 5.84. The number of carbonyl (C=O) groups is 2. The predicted molar refractivity (Wildman–Crippen MR) is 150 cm³/mol. The number of aromatic nitrogens is 1. The van der Waals surface area contributed by atoms with Crippen molar-refractivity contribution < 1.29 is 27.5 Å². The second kappa shape index (κ2) is 12.7. The molecule has 1 aromatic heterocycles. The maximum absolute atomic E-state index is 13.5. The van der Waals surface area contributed by atoms with Gasteiger partial charge in [0.05, 0.1) is 23.5 Å². The number of benzene rings is 1. The summed E-state index contributed by atoms with van der Waals surface area (Å²) in [6.07, 6.45) is 3.52. The van der Waals surface area contributed by atoms with Gasteiger partial charge in [0.25, 0.3) is 0 Å². The third-order valence-electron chi connectivity index (χ3n) is 8.87. The number of rotatable bonds is 2. The van der Waals surface area contributed by atoms with Crippen LogP contribution in [-0.2, 0) is 22.2 Å². The number of likely N-dealkylation sites (tertiary alicyclic amines) is 1. The van der Waals surface area contributed by atoms with Crippen molar-refractivity contribution in [2.24, 2.45) is 11.3 Å². The Labute approximate surface area is 239 Å². The van der Waals surface area contributed by atoms with Gasteiger partial charge in [-0.25, -0.2) is 4.98 Å². The van der Waals surface area contributed by atoms with Crippen LogP contribution in [0.25, 0.3) is 0 Å². The van der Waals surface area contributed by atoms with Crippen LogP contribution in [0, 0.1) is 11.3 Å². The average Bonchev–Trinajstić information content (AvgIpc) is 3.00. The second-order valence-corrected chi connectivity index (χ2v) is 11.6. The minimum absolute atomic E-state index is 0.0651. The SMILES string of the molecule is O=C(C1CCCN(c2ccc(C(F)(F)F)cn2)C1)N1CCC2(CCCCc3ccccc3OCCCNC2=O)CC1. The fourth-order valence-electron chi connectivity index (χ4n) is 6.41. The van der Waals surface area contributed by atoms with E-state index >= 15 is 0 Å². The van der Waals surface area contributed by atoms with Crippen molar-refractivity contribution in [2.75, 3.05) is 44.2 Å². The van der Waals surface area contributed by atoms with E-state index < -0.39 is 17.2 Å². The summed E-state index contributed by atoms with van der Waals surface area (Å²) in [6, 6.07) is 10.6. The van der Waals surface area contributed by atoms with E-state index in [0.29, 0.717) is 58.0 Å². The highest BCUT2D eigenvalue weighted by Crippen LogP contribution is 2.39. The zero-order valence-corrected chi connectivity index (χ0v) is 23.4. The van der Waals surface area contributed by atoms with Crippen LogP contribution >= 0.6 is 0 Å². The van der Waals surface area contributed by atoms with E-state index in [-0.39, 0.29) is 17.7 Å². The van der Waals surface area contributed by atoms with Crippen molar-refractivity contribution in [3.05, 3.63) is 53.7 Å². The van der Waals surface area contributed by atoms with E-state index in [9.17, 15) is 22.8 Å². The number of halogens is 3. The van der Waals surface area contributed by atoms with Gasteiger partial charge in [0.2, 0.25) is 11.8 Å². The largest absolute Gasteiger partial charge is 0.493 e. The number of nitrogens with one attached hydrogen (secondary N) is 1. The molecule has 5 rings (SSSR count). The van der Waals surface area contributed by atoms with Crippen LogP contribution in [0.1, 0.15) is 62.5 Å². The third-order valence-corrected chi connectivity index (χ3v) is 8.87. The van der Waals surface area contributed by atoms with Crippen LogP contribution < -0.4 is 15.0 Å². The van der Waals surface area contributed by atoms with Crippen molar-refractivity contribution in [1.29, 1.82) is 0 Å². The van der Waals surface area contributed by atoms with E-state index in [2.05, 4.69) is 16.4 Å². The van der Waals surface area contributed by atoms with Gasteiger partial charge >= 0.3 is 6.18 Å². The molecule has 1 spiro atoms. The maximum Gasteiger partial charge on any atom is 0.417 e. The molecule has 1 aromatic carbocycles. The lowest BCUT2D eigenvalue weighted by Gasteiger charge is -2.43. The first kappa shape index (κ1) is 29.2. The highest BCUT2D eigenvalue weighted by atomic mass is 19.4. The highest BCUT2D eigenvalue weighted by Gasteiger charge is 2.43. The maximum atomic E-state index is 13.5. The van der Waals surface area contributed by atoms with Crippen LogP contribution in [-0.4, -0.2) is 61.0 Å². The molecule has 222 valence electrons. The molecule has 41 heavy (non-hydrogen) atoms. The van der Waals surface area contributed by atoms with Crippen LogP contribution in [0.4, 0.5) is 19.0 Å². The Hall–Kier alpha value is -3.30. The Morgan fingerprint density at radius 2 is 1.80 bits per heavy atom. The number of nitrogens with zero attached hydrogens (tertiary/aromatic N) is 3. The van der Waals surface area contributed by atoms with Crippen molar-refractivity contribution >= 4 is 17.6 Å². The summed E-state index contributed by atoms with van der Waals surface area (Å²) < 4.78 is 44.8. The van der Waals surface area contributed by atoms with E-state index in [4.69, 9.17) is 4.74 Å². The van der Waals surface area contributed by atoms with Crippen molar-refractivity contribution in [2.45, 2.75) is 64.0 Å². The molecule has 0 aliphatic carbocycles. The topological polar surface area (TPSA) is 74.8 Å². The molecule has 0 saturated carbocycles. The van der Waals surface area contributed by atoms with E-state index in [1.807, 2.05) is 28.0 Å². The van der Waals surface area contributed by atoms with Gasteiger partial charge in [0.1, 0.15) is 11.6 Å². The summed E-state index contributed by atoms with van der Waals surface area (Å²) in [5, 5.41) is 3.14. The monoisotopic (exact) mass is 572 g/mol. The smallest absolute Gasteiger partial charge is 0.417 e. The lowest BCUT2D eigenvalue weighted by Crippen LogP contribution is -2.53. The Balaban J connectivity index is 1.19. The first-order valence-corrected chi connectivity index (χ1v) is 14.8. The molecule has 2 fully saturated rings. The summed E-state index contributed by atoms with van der Waals surface area (Å²) in [5.74, 6) is 1.29. The number of pyridine rings is 1. The van der Waals surface area contributed by atoms with E-state index in [1.165, 1.54) is 11.6 Å². The number of anilines is 1. The first-order valence-electron chi connectivity index (χ1n) is 14.8. The van der Waals surface area contributed by atoms with Gasteiger partial charge in [0, 0.05) is 38.9 Å². The first-order chi connectivity index (χ1) is 19.7. The molecule has 1 N–H and O–H groups in total. The molecule has 7 nitrogen and oxygen atoms in total. The number of piperidine rings is 2. The Morgan fingerprint density at radius 1 is 1.00 bits per heavy atom. The summed E-state index contributed by atoms with van der Waals surface area (Å²) in [6.45, 7) is 3.26. The Morgan fingerprint density at radius 3 is 2.56 bits per heavy atom. The standard InChI is InChI=1S/C31H39F3N4O3/c32-31(33,34)25-11-12-27(36-21-25)38-17-5-9-24(22-38)28(39)37-18-14-30(15-19-37)13-4-3-8-23-7-1-2-10-26(23)41-20-6-16-35-29(30)40/h1-2,7,10-12,21,24H,3-6,8-9,13-20,22H2,(H,35,40). The molecular formula is C31H39F3N4O3. The van der Waals surface area contributed by atoms with Crippen molar-refractivity contribution in [3.8, 4) is 5.75 Å². The van der Waals surface area contributed by atoms with Gasteiger partial charge < -0.3 is 19.9 Å². The molecule has 2 saturated heterocycles. The molecule has 10 heteroatoms. The molecule has 2 amide bonds. The lowest BCUT2D eigenvalue weighted by atomic mass is 9.73. The molecule has 2 aromatic rings. The number of para-hydroxylation sites is 1. The van der Waals surface area contributed by atoms with Gasteiger partial charge in [0.15, 0.2) is 0 Å². The molecule has 1 atom stereocenters. The lowest BCUT2D eigenvalue weighted by molar-refractivity contribution is -0.143. The van der Waals surface area contributed by atoms with Gasteiger partial charge in [-0.3, -0.25) is 9.59 Å². The molecule has 3 aliphatic heterocycles. The normalized spacial score (nSPS) is 22.4. The van der Waals surface area contributed by atoms with Crippen LogP contribution in [0.2, 0.25) is 0 Å². The Kier molecular flexibility index (Phi) is 9.04. The third kappa shape index (κ3) is 6.96. The number of aryl methyl sites for hydroxylation is 1. The average molecular weight is 573 g/mol. The number of amides is 2. The summed E-state index contributed by atoms with van der Waals surface area (Å²) in [7, 11) is 0. The number of hydrogen-bond donors (Lipinski definition) is 1. The second-order valence-electron chi connectivity index (χ2n) is 11.6. The molecule has 1 unspecified atom stereocenters. The number of fused-ring (bicyclic) bond motifs is 1. The number of ether oxygens (including phenoxy) is 1. The fraction of sp³-hybridized carbons (Fsp3) is 0.581. The molecular weight excluding hydrogens is 533 g/mol. The molecule has 0 radical (unpaired) electrons.